The largest absolute Gasteiger partial charge is 2.00 e. The molecule has 208 valence electrons. The zero-order valence-corrected chi connectivity index (χ0v) is 26.8. The summed E-state index contributed by atoms with van der Waals surface area (Å²) < 4.78 is 17.0. The Morgan fingerprint density at radius 1 is 0.902 bits per heavy atom. The van der Waals surface area contributed by atoms with E-state index in [9.17, 15) is 0 Å². The summed E-state index contributed by atoms with van der Waals surface area (Å²) in [5, 5.41) is 6.75. The van der Waals surface area contributed by atoms with E-state index in [1.807, 2.05) is 53.6 Å². The molecule has 0 saturated carbocycles. The Bertz CT molecular complexity index is 2020. The van der Waals surface area contributed by atoms with Crippen molar-refractivity contribution >= 4 is 42.7 Å². The van der Waals surface area contributed by atoms with Gasteiger partial charge in [0.15, 0.2) is 0 Å². The van der Waals surface area contributed by atoms with Crippen LogP contribution < -0.4 is 4.74 Å². The van der Waals surface area contributed by atoms with Crippen molar-refractivity contribution in [2.45, 2.75) is 52.4 Å². The molecule has 0 fully saturated rings. The first kappa shape index (κ1) is 27.7. The van der Waals surface area contributed by atoms with Gasteiger partial charge in [0.25, 0.3) is 0 Å². The maximum absolute atomic E-state index is 6.57. The van der Waals surface area contributed by atoms with Crippen LogP contribution in [0.2, 0.25) is 0 Å². The molecule has 7 aromatic rings. The molecule has 7 heteroatoms. The summed E-state index contributed by atoms with van der Waals surface area (Å²) in [6.07, 6.45) is 5.82. The van der Waals surface area contributed by atoms with Crippen LogP contribution in [-0.2, 0) is 31.9 Å². The molecule has 0 saturated heterocycles. The minimum absolute atomic E-state index is 0. The number of benzene rings is 3. The van der Waals surface area contributed by atoms with Gasteiger partial charge in [-0.1, -0.05) is 65.3 Å². The van der Waals surface area contributed by atoms with Crippen molar-refractivity contribution in [1.82, 2.24) is 14.8 Å². The van der Waals surface area contributed by atoms with Gasteiger partial charge >= 0.3 is 21.1 Å². The fourth-order valence-corrected chi connectivity index (χ4v) is 6.16. The van der Waals surface area contributed by atoms with Crippen LogP contribution in [0.25, 0.3) is 48.3 Å². The second-order valence-electron chi connectivity index (χ2n) is 12.3. The van der Waals surface area contributed by atoms with Gasteiger partial charge < -0.3 is 14.1 Å². The summed E-state index contributed by atoms with van der Waals surface area (Å²) in [6.45, 7) is 13.1. The minimum Gasteiger partial charge on any atom is -0.501 e. The van der Waals surface area contributed by atoms with Gasteiger partial charge in [0, 0.05) is 28.2 Å². The summed E-state index contributed by atoms with van der Waals surface area (Å²) >= 11 is 1.69. The Morgan fingerprint density at radius 3 is 2.44 bits per heavy atom. The van der Waals surface area contributed by atoms with Gasteiger partial charge in [0.2, 0.25) is 0 Å². The molecule has 7 rings (SSSR count). The Balaban J connectivity index is 0.00000302. The van der Waals surface area contributed by atoms with Crippen molar-refractivity contribution in [3.8, 4) is 28.4 Å². The van der Waals surface area contributed by atoms with Gasteiger partial charge in [-0.05, 0) is 61.6 Å². The van der Waals surface area contributed by atoms with Crippen LogP contribution in [0.3, 0.4) is 0 Å². The van der Waals surface area contributed by atoms with Crippen LogP contribution in [0.5, 0.6) is 11.5 Å². The quantitative estimate of drug-likeness (QED) is 0.169. The first-order valence-corrected chi connectivity index (χ1v) is 14.2. The van der Waals surface area contributed by atoms with Crippen molar-refractivity contribution in [2.24, 2.45) is 0 Å². The van der Waals surface area contributed by atoms with E-state index < -0.39 is 0 Å². The summed E-state index contributed by atoms with van der Waals surface area (Å²) in [5.74, 6) is 1.23. The number of aromatic nitrogens is 3. The Kier molecular flexibility index (Phi) is 6.63. The van der Waals surface area contributed by atoms with Gasteiger partial charge in [-0.2, -0.15) is 22.5 Å². The summed E-state index contributed by atoms with van der Waals surface area (Å²) in [4.78, 5) is 4.74. The molecule has 5 nitrogen and oxygen atoms in total. The van der Waals surface area contributed by atoms with E-state index in [0.29, 0.717) is 11.5 Å². The first-order chi connectivity index (χ1) is 19.1. The second kappa shape index (κ2) is 9.82. The second-order valence-corrected chi connectivity index (χ2v) is 13.4. The number of thiophene rings is 1. The third kappa shape index (κ3) is 4.77. The standard InChI is InChI=1S/C34H29N3O2S.Pt/c1-33(2,3)20-13-14-35-25(15-20)24-17-27(32-30-29-26(39-31(24)30)11-8-12-28(29)40-32)38-23-10-7-9-22(16-23)37-19-21(18-36-37)34(4,5)6;/h7-15,18-19H,1-6H3;/q-2;+2. The molecule has 0 radical (unpaired) electrons. The SMILES string of the molecule is CC(C)(C)c1ccnc(-c2[c-]c(Oc3[c-]c(-n4cc(C(C)(C)C)cn4)ccc3)c3sc4cccc5oc2c3c54)c1.[Pt+2]. The fraction of sp³-hybridized carbons (Fsp3) is 0.235. The van der Waals surface area contributed by atoms with E-state index >= 15 is 0 Å². The number of rotatable bonds is 4. The molecule has 3 aromatic carbocycles. The predicted octanol–water partition coefficient (Wildman–Crippen LogP) is 9.47. The molecule has 0 unspecified atom stereocenters. The van der Waals surface area contributed by atoms with E-state index in [4.69, 9.17) is 14.1 Å². The maximum Gasteiger partial charge on any atom is 2.00 e. The number of furan rings is 1. The number of pyridine rings is 1. The molecular weight excluding hydrogens is 710 g/mol. The van der Waals surface area contributed by atoms with E-state index in [2.05, 4.69) is 77.0 Å². The molecule has 41 heavy (non-hydrogen) atoms. The Morgan fingerprint density at radius 2 is 1.68 bits per heavy atom. The van der Waals surface area contributed by atoms with E-state index in [-0.39, 0.29) is 31.9 Å². The van der Waals surface area contributed by atoms with Crippen LogP contribution in [0.1, 0.15) is 52.7 Å². The van der Waals surface area contributed by atoms with Crippen molar-refractivity contribution in [3.05, 3.63) is 90.4 Å². The molecule has 0 aliphatic carbocycles. The Labute approximate surface area is 257 Å². The summed E-state index contributed by atoms with van der Waals surface area (Å²) in [7, 11) is 0. The molecule has 0 aliphatic rings. The molecule has 0 N–H and O–H groups in total. The topological polar surface area (TPSA) is 53.1 Å². The zero-order chi connectivity index (χ0) is 27.8. The summed E-state index contributed by atoms with van der Waals surface area (Å²) in [5.41, 5.74) is 6.41. The van der Waals surface area contributed by atoms with Crippen molar-refractivity contribution < 1.29 is 30.2 Å². The van der Waals surface area contributed by atoms with Crippen LogP contribution in [-0.4, -0.2) is 14.8 Å². The minimum atomic E-state index is -0.0182. The van der Waals surface area contributed by atoms with E-state index in [0.717, 1.165) is 53.8 Å². The van der Waals surface area contributed by atoms with Gasteiger partial charge in [-0.25, -0.2) is 0 Å². The monoisotopic (exact) mass is 738 g/mol. The Hall–Kier alpha value is -3.47. The van der Waals surface area contributed by atoms with E-state index in [1.165, 1.54) is 5.56 Å². The number of nitrogens with zero attached hydrogens (tertiary/aromatic N) is 3. The number of hydrogen-bond acceptors (Lipinski definition) is 5. The molecule has 4 aromatic heterocycles. The van der Waals surface area contributed by atoms with Crippen molar-refractivity contribution in [1.29, 1.82) is 0 Å². The fourth-order valence-electron chi connectivity index (χ4n) is 5.01. The first-order valence-electron chi connectivity index (χ1n) is 13.4. The van der Waals surface area contributed by atoms with Crippen LogP contribution in [0.15, 0.2) is 71.5 Å². The van der Waals surface area contributed by atoms with E-state index in [1.54, 1.807) is 11.3 Å². The summed E-state index contributed by atoms with van der Waals surface area (Å²) in [6, 6.07) is 23.2. The average Bonchev–Trinajstić information content (AvgIpc) is 3.65. The van der Waals surface area contributed by atoms with Crippen molar-refractivity contribution in [3.63, 3.8) is 0 Å². The van der Waals surface area contributed by atoms with Gasteiger partial charge in [-0.15, -0.1) is 18.2 Å². The molecule has 0 bridgehead atoms. The number of hydrogen-bond donors (Lipinski definition) is 0. The maximum atomic E-state index is 6.57. The smallest absolute Gasteiger partial charge is 0.501 e. The third-order valence-electron chi connectivity index (χ3n) is 7.33. The van der Waals surface area contributed by atoms with Crippen molar-refractivity contribution in [2.75, 3.05) is 0 Å². The third-order valence-corrected chi connectivity index (χ3v) is 8.48. The van der Waals surface area contributed by atoms with Crippen LogP contribution >= 0.6 is 11.3 Å². The van der Waals surface area contributed by atoms with Crippen LogP contribution in [0, 0.1) is 12.1 Å². The number of ether oxygens (including phenoxy) is 1. The predicted molar refractivity (Wildman–Crippen MR) is 162 cm³/mol. The van der Waals surface area contributed by atoms with Gasteiger partial charge in [0.1, 0.15) is 5.58 Å². The molecule has 0 atom stereocenters. The average molecular weight is 739 g/mol. The molecular formula is C34H29N3O2PtS. The van der Waals surface area contributed by atoms with Gasteiger partial charge in [0.05, 0.1) is 17.5 Å². The normalized spacial score (nSPS) is 12.4. The van der Waals surface area contributed by atoms with Gasteiger partial charge in [-0.3, -0.25) is 4.68 Å². The molecule has 0 spiro atoms. The van der Waals surface area contributed by atoms with Crippen LogP contribution in [0.4, 0.5) is 0 Å². The molecule has 4 heterocycles. The zero-order valence-electron chi connectivity index (χ0n) is 23.7. The molecule has 0 aliphatic heterocycles. The molecule has 0 amide bonds.